The lowest BCUT2D eigenvalue weighted by Gasteiger charge is -2.25. The first-order valence-corrected chi connectivity index (χ1v) is 10.6. The molecule has 1 fully saturated rings. The summed E-state index contributed by atoms with van der Waals surface area (Å²) >= 11 is 0. The maximum atomic E-state index is 5.74. The van der Waals surface area contributed by atoms with Crippen LogP contribution in [0.15, 0.2) is 48.7 Å². The van der Waals surface area contributed by atoms with E-state index >= 15 is 0 Å². The van der Waals surface area contributed by atoms with Crippen molar-refractivity contribution in [3.05, 3.63) is 76.9 Å². The summed E-state index contributed by atoms with van der Waals surface area (Å²) in [6.07, 6.45) is 5.42. The SMILES string of the molecule is Cc1cc(-c2ccc(CN3CCC[C@@H]3c3cnc4c(c3)OCC4)cc2)cc(C)n1. The maximum Gasteiger partial charge on any atom is 0.141 e. The zero-order chi connectivity index (χ0) is 19.8. The highest BCUT2D eigenvalue weighted by Gasteiger charge is 2.27. The van der Waals surface area contributed by atoms with Gasteiger partial charge in [0.05, 0.1) is 12.3 Å². The Hall–Kier alpha value is -2.72. The molecule has 29 heavy (non-hydrogen) atoms. The summed E-state index contributed by atoms with van der Waals surface area (Å²) in [7, 11) is 0. The fourth-order valence-corrected chi connectivity index (χ4v) is 4.67. The Labute approximate surface area is 172 Å². The van der Waals surface area contributed by atoms with E-state index in [1.165, 1.54) is 35.1 Å². The van der Waals surface area contributed by atoms with Gasteiger partial charge in [-0.05, 0) is 73.7 Å². The molecule has 4 nitrogen and oxygen atoms in total. The minimum absolute atomic E-state index is 0.433. The van der Waals surface area contributed by atoms with Crippen LogP contribution in [-0.2, 0) is 13.0 Å². The molecule has 1 atom stereocenters. The molecule has 2 aliphatic heterocycles. The molecule has 1 saturated heterocycles. The van der Waals surface area contributed by atoms with Gasteiger partial charge in [0.25, 0.3) is 0 Å². The number of rotatable bonds is 4. The fourth-order valence-electron chi connectivity index (χ4n) is 4.67. The summed E-state index contributed by atoms with van der Waals surface area (Å²) in [5.74, 6) is 0.988. The second-order valence-corrected chi connectivity index (χ2v) is 8.28. The van der Waals surface area contributed by atoms with E-state index in [2.05, 4.69) is 77.4 Å². The zero-order valence-electron chi connectivity index (χ0n) is 17.2. The average Bonchev–Trinajstić information content (AvgIpc) is 3.36. The van der Waals surface area contributed by atoms with Gasteiger partial charge in [0.15, 0.2) is 0 Å². The van der Waals surface area contributed by atoms with Gasteiger partial charge < -0.3 is 4.74 Å². The number of likely N-dealkylation sites (tertiary alicyclic amines) is 1. The minimum Gasteiger partial charge on any atom is -0.491 e. The van der Waals surface area contributed by atoms with Gasteiger partial charge in [0.2, 0.25) is 0 Å². The van der Waals surface area contributed by atoms with Crippen LogP contribution in [0.1, 0.15) is 47.1 Å². The molecule has 0 bridgehead atoms. The number of aryl methyl sites for hydroxylation is 2. The van der Waals surface area contributed by atoms with E-state index < -0.39 is 0 Å². The van der Waals surface area contributed by atoms with E-state index in [1.54, 1.807) is 0 Å². The van der Waals surface area contributed by atoms with E-state index in [1.807, 2.05) is 0 Å². The van der Waals surface area contributed by atoms with Crippen LogP contribution < -0.4 is 4.74 Å². The van der Waals surface area contributed by atoms with Gasteiger partial charge in [0.1, 0.15) is 5.75 Å². The number of nitrogens with zero attached hydrogens (tertiary/aromatic N) is 3. The van der Waals surface area contributed by atoms with Crippen molar-refractivity contribution < 1.29 is 4.74 Å². The Balaban J connectivity index is 1.33. The second kappa shape index (κ2) is 7.60. The number of hydrogen-bond donors (Lipinski definition) is 0. The number of benzene rings is 1. The van der Waals surface area contributed by atoms with Crippen LogP contribution in [0, 0.1) is 13.8 Å². The van der Waals surface area contributed by atoms with Gasteiger partial charge in [-0.25, -0.2) is 0 Å². The van der Waals surface area contributed by atoms with Crippen molar-refractivity contribution in [3.8, 4) is 16.9 Å². The Kier molecular flexibility index (Phi) is 4.80. The van der Waals surface area contributed by atoms with Gasteiger partial charge in [0, 0.05) is 36.6 Å². The van der Waals surface area contributed by atoms with Crippen LogP contribution in [0.25, 0.3) is 11.1 Å². The van der Waals surface area contributed by atoms with E-state index in [0.717, 1.165) is 48.9 Å². The van der Waals surface area contributed by atoms with Crippen molar-refractivity contribution in [2.24, 2.45) is 0 Å². The molecule has 2 aromatic heterocycles. The number of aromatic nitrogens is 2. The van der Waals surface area contributed by atoms with Crippen molar-refractivity contribution in [2.45, 2.75) is 45.7 Å². The van der Waals surface area contributed by atoms with Crippen LogP contribution in [-0.4, -0.2) is 28.0 Å². The van der Waals surface area contributed by atoms with E-state index in [9.17, 15) is 0 Å². The number of fused-ring (bicyclic) bond motifs is 1. The lowest BCUT2D eigenvalue weighted by molar-refractivity contribution is 0.247. The zero-order valence-corrected chi connectivity index (χ0v) is 17.2. The molecular formula is C25H27N3O. The standard InChI is InChI=1S/C25H27N3O/c1-17-12-21(13-18(2)27-17)20-7-5-19(6-8-20)16-28-10-3-4-24(28)22-14-25-23(26-15-22)9-11-29-25/h5-8,12-15,24H,3-4,9-11,16H2,1-2H3/t24-/m1/s1. The minimum atomic E-state index is 0.433. The van der Waals surface area contributed by atoms with Crippen LogP contribution in [0.2, 0.25) is 0 Å². The largest absolute Gasteiger partial charge is 0.491 e. The summed E-state index contributed by atoms with van der Waals surface area (Å²) in [5.41, 5.74) is 8.38. The van der Waals surface area contributed by atoms with Gasteiger partial charge in [-0.3, -0.25) is 14.9 Å². The van der Waals surface area contributed by atoms with Crippen molar-refractivity contribution in [2.75, 3.05) is 13.2 Å². The maximum absolute atomic E-state index is 5.74. The normalized spacial score (nSPS) is 18.6. The highest BCUT2D eigenvalue weighted by molar-refractivity contribution is 5.64. The average molecular weight is 386 g/mol. The second-order valence-electron chi connectivity index (χ2n) is 8.28. The van der Waals surface area contributed by atoms with E-state index in [0.29, 0.717) is 6.04 Å². The summed E-state index contributed by atoms with van der Waals surface area (Å²) in [5, 5.41) is 0. The van der Waals surface area contributed by atoms with Crippen molar-refractivity contribution in [1.29, 1.82) is 0 Å². The first kappa shape index (κ1) is 18.3. The molecular weight excluding hydrogens is 358 g/mol. The van der Waals surface area contributed by atoms with Gasteiger partial charge in [-0.2, -0.15) is 0 Å². The Morgan fingerprint density at radius 3 is 2.62 bits per heavy atom. The van der Waals surface area contributed by atoms with Crippen molar-refractivity contribution in [1.82, 2.24) is 14.9 Å². The lowest BCUT2D eigenvalue weighted by atomic mass is 10.0. The molecule has 148 valence electrons. The molecule has 3 aromatic rings. The molecule has 0 saturated carbocycles. The molecule has 0 spiro atoms. The van der Waals surface area contributed by atoms with Crippen LogP contribution in [0.4, 0.5) is 0 Å². The number of hydrogen-bond acceptors (Lipinski definition) is 4. The Morgan fingerprint density at radius 2 is 1.83 bits per heavy atom. The first-order chi connectivity index (χ1) is 14.2. The molecule has 0 N–H and O–H groups in total. The van der Waals surface area contributed by atoms with Crippen molar-refractivity contribution >= 4 is 0 Å². The smallest absolute Gasteiger partial charge is 0.141 e. The van der Waals surface area contributed by atoms with Crippen molar-refractivity contribution in [3.63, 3.8) is 0 Å². The third kappa shape index (κ3) is 3.77. The molecule has 0 amide bonds. The van der Waals surface area contributed by atoms with Gasteiger partial charge >= 0.3 is 0 Å². The molecule has 2 aliphatic rings. The van der Waals surface area contributed by atoms with Crippen LogP contribution in [0.3, 0.4) is 0 Å². The highest BCUT2D eigenvalue weighted by atomic mass is 16.5. The molecule has 0 unspecified atom stereocenters. The third-order valence-electron chi connectivity index (χ3n) is 6.05. The van der Waals surface area contributed by atoms with Crippen LogP contribution >= 0.6 is 0 Å². The summed E-state index contributed by atoms with van der Waals surface area (Å²) in [6, 6.07) is 16.0. The van der Waals surface area contributed by atoms with Gasteiger partial charge in [-0.1, -0.05) is 24.3 Å². The summed E-state index contributed by atoms with van der Waals surface area (Å²) in [6.45, 7) is 6.97. The molecule has 0 aliphatic carbocycles. The predicted molar refractivity (Wildman–Crippen MR) is 115 cm³/mol. The third-order valence-corrected chi connectivity index (χ3v) is 6.05. The van der Waals surface area contributed by atoms with Gasteiger partial charge in [-0.15, -0.1) is 0 Å². The molecule has 1 aromatic carbocycles. The topological polar surface area (TPSA) is 38.2 Å². The molecule has 0 radical (unpaired) electrons. The van der Waals surface area contributed by atoms with E-state index in [4.69, 9.17) is 4.74 Å². The predicted octanol–water partition coefficient (Wildman–Crippen LogP) is 5.03. The molecule has 4 heteroatoms. The quantitative estimate of drug-likeness (QED) is 0.631. The summed E-state index contributed by atoms with van der Waals surface area (Å²) < 4.78 is 5.74. The Bertz CT molecular complexity index is 1010. The van der Waals surface area contributed by atoms with E-state index in [-0.39, 0.29) is 0 Å². The highest BCUT2D eigenvalue weighted by Crippen LogP contribution is 2.36. The lowest BCUT2D eigenvalue weighted by Crippen LogP contribution is -2.22. The number of ether oxygens (including phenoxy) is 1. The Morgan fingerprint density at radius 1 is 1.03 bits per heavy atom. The van der Waals surface area contributed by atoms with Crippen LogP contribution in [0.5, 0.6) is 5.75 Å². The number of pyridine rings is 2. The first-order valence-electron chi connectivity index (χ1n) is 10.6. The summed E-state index contributed by atoms with van der Waals surface area (Å²) in [4.78, 5) is 11.7. The molecule has 5 rings (SSSR count). The monoisotopic (exact) mass is 385 g/mol. The fraction of sp³-hybridized carbons (Fsp3) is 0.360. The molecule has 4 heterocycles.